The molecule has 0 N–H and O–H groups in total. The minimum atomic E-state index is -0.109. The molecular weight excluding hydrogens is 362 g/mol. The van der Waals surface area contributed by atoms with Gasteiger partial charge in [0, 0.05) is 29.8 Å². The number of rotatable bonds is 5. The quantitative estimate of drug-likeness (QED) is 0.431. The first-order valence-corrected chi connectivity index (χ1v) is 9.59. The van der Waals surface area contributed by atoms with Gasteiger partial charge in [-0.1, -0.05) is 24.3 Å². The molecule has 0 saturated carbocycles. The van der Waals surface area contributed by atoms with Crippen LogP contribution >= 0.6 is 0 Å². The minimum absolute atomic E-state index is 0.0310. The predicted molar refractivity (Wildman–Crippen MR) is 114 cm³/mol. The van der Waals surface area contributed by atoms with Gasteiger partial charge in [0.25, 0.3) is 0 Å². The number of nitrogens with zero attached hydrogens (tertiary/aromatic N) is 3. The molecule has 2 aromatic carbocycles. The first-order valence-electron chi connectivity index (χ1n) is 9.59. The Labute approximate surface area is 170 Å². The summed E-state index contributed by atoms with van der Waals surface area (Å²) in [7, 11) is 0. The van der Waals surface area contributed by atoms with Gasteiger partial charge in [-0.15, -0.1) is 0 Å². The molecule has 5 nitrogen and oxygen atoms in total. The third-order valence-electron chi connectivity index (χ3n) is 4.68. The fraction of sp³-hybridized carbons (Fsp3) is 0.208. The van der Waals surface area contributed by atoms with Crippen molar-refractivity contribution in [1.82, 2.24) is 14.8 Å². The summed E-state index contributed by atoms with van der Waals surface area (Å²) in [5.74, 6) is 1.37. The number of ketones is 1. The van der Waals surface area contributed by atoms with E-state index in [1.807, 2.05) is 59.4 Å². The number of fused-ring (bicyclic) bond motifs is 1. The smallest absolute Gasteiger partial charge is 0.167 e. The number of benzene rings is 2. The number of ether oxygens (including phenoxy) is 1. The fourth-order valence-corrected chi connectivity index (χ4v) is 3.12. The maximum atomic E-state index is 12.8. The lowest BCUT2D eigenvalue weighted by Gasteiger charge is -2.18. The van der Waals surface area contributed by atoms with E-state index in [2.05, 4.69) is 30.9 Å². The van der Waals surface area contributed by atoms with Crippen LogP contribution in [-0.4, -0.2) is 20.5 Å². The summed E-state index contributed by atoms with van der Waals surface area (Å²) in [5, 5.41) is 5.30. The molecule has 0 bridgehead atoms. The van der Waals surface area contributed by atoms with Crippen molar-refractivity contribution >= 4 is 16.7 Å². The second kappa shape index (κ2) is 7.51. The Morgan fingerprint density at radius 1 is 1.07 bits per heavy atom. The van der Waals surface area contributed by atoms with E-state index in [9.17, 15) is 4.79 Å². The molecule has 4 rings (SSSR count). The van der Waals surface area contributed by atoms with Crippen molar-refractivity contribution in [2.24, 2.45) is 0 Å². The molecule has 0 aliphatic rings. The Balaban J connectivity index is 1.54. The summed E-state index contributed by atoms with van der Waals surface area (Å²) < 4.78 is 7.95. The zero-order chi connectivity index (χ0) is 20.4. The highest BCUT2D eigenvalue weighted by Crippen LogP contribution is 2.29. The topological polar surface area (TPSA) is 57.0 Å². The standard InChI is InChI=1S/C24H23N3O2/c1-24(2,3)27-16-17(15-26-27)13-22(28)18-7-6-8-19(14-18)29-23-11-12-25-21-10-5-4-9-20(21)23/h4-12,14-16H,13H2,1-3H3. The Kier molecular flexibility index (Phi) is 4.89. The molecule has 4 aromatic rings. The number of carbonyl (C=O) groups excluding carboxylic acids is 1. The van der Waals surface area contributed by atoms with Gasteiger partial charge < -0.3 is 4.74 Å². The number of Topliss-reactive ketones (excluding diaryl/α,β-unsaturated/α-hetero) is 1. The van der Waals surface area contributed by atoms with Crippen LogP contribution in [0.2, 0.25) is 0 Å². The molecule has 2 heterocycles. The molecule has 0 fully saturated rings. The number of para-hydroxylation sites is 1. The van der Waals surface area contributed by atoms with Crippen LogP contribution in [0.5, 0.6) is 11.5 Å². The molecule has 2 aromatic heterocycles. The van der Waals surface area contributed by atoms with E-state index < -0.39 is 0 Å². The summed E-state index contributed by atoms with van der Waals surface area (Å²) in [5.41, 5.74) is 2.27. The van der Waals surface area contributed by atoms with Crippen LogP contribution in [0.15, 0.2) is 73.2 Å². The average Bonchev–Trinajstić information content (AvgIpc) is 3.18. The summed E-state index contributed by atoms with van der Waals surface area (Å²) in [6.07, 6.45) is 5.71. The van der Waals surface area contributed by atoms with Gasteiger partial charge in [-0.3, -0.25) is 14.5 Å². The van der Waals surface area contributed by atoms with Crippen LogP contribution in [0, 0.1) is 0 Å². The van der Waals surface area contributed by atoms with E-state index in [4.69, 9.17) is 4.74 Å². The van der Waals surface area contributed by atoms with Crippen LogP contribution in [0.4, 0.5) is 0 Å². The molecule has 146 valence electrons. The molecule has 5 heteroatoms. The van der Waals surface area contributed by atoms with Gasteiger partial charge in [0.1, 0.15) is 11.5 Å². The summed E-state index contributed by atoms with van der Waals surface area (Å²) in [4.78, 5) is 17.1. The Morgan fingerprint density at radius 3 is 2.69 bits per heavy atom. The van der Waals surface area contributed by atoms with Gasteiger partial charge in [0.2, 0.25) is 0 Å². The van der Waals surface area contributed by atoms with Crippen molar-refractivity contribution in [2.75, 3.05) is 0 Å². The lowest BCUT2D eigenvalue weighted by Crippen LogP contribution is -2.22. The van der Waals surface area contributed by atoms with Crippen molar-refractivity contribution in [3.63, 3.8) is 0 Å². The fourth-order valence-electron chi connectivity index (χ4n) is 3.12. The van der Waals surface area contributed by atoms with Gasteiger partial charge in [0.15, 0.2) is 5.78 Å². The van der Waals surface area contributed by atoms with Gasteiger partial charge in [-0.05, 0) is 56.7 Å². The number of pyridine rings is 1. The molecule has 0 aliphatic heterocycles. The van der Waals surface area contributed by atoms with Crippen molar-refractivity contribution < 1.29 is 9.53 Å². The Hall–Kier alpha value is -3.47. The van der Waals surface area contributed by atoms with Crippen LogP contribution in [-0.2, 0) is 12.0 Å². The van der Waals surface area contributed by atoms with Crippen molar-refractivity contribution in [2.45, 2.75) is 32.7 Å². The lowest BCUT2D eigenvalue weighted by atomic mass is 10.0. The third kappa shape index (κ3) is 4.19. The average molecular weight is 385 g/mol. The van der Waals surface area contributed by atoms with Gasteiger partial charge in [0.05, 0.1) is 17.3 Å². The maximum absolute atomic E-state index is 12.8. The second-order valence-corrected chi connectivity index (χ2v) is 8.02. The lowest BCUT2D eigenvalue weighted by molar-refractivity contribution is 0.0992. The van der Waals surface area contributed by atoms with E-state index in [0.717, 1.165) is 16.5 Å². The van der Waals surface area contributed by atoms with E-state index >= 15 is 0 Å². The second-order valence-electron chi connectivity index (χ2n) is 8.02. The van der Waals surface area contributed by atoms with Crippen molar-refractivity contribution in [1.29, 1.82) is 0 Å². The highest BCUT2D eigenvalue weighted by Gasteiger charge is 2.16. The zero-order valence-corrected chi connectivity index (χ0v) is 16.8. The van der Waals surface area contributed by atoms with Crippen LogP contribution < -0.4 is 4.74 Å². The van der Waals surface area contributed by atoms with Crippen LogP contribution in [0.3, 0.4) is 0 Å². The van der Waals surface area contributed by atoms with E-state index in [1.54, 1.807) is 18.5 Å². The van der Waals surface area contributed by atoms with E-state index in [0.29, 0.717) is 23.5 Å². The maximum Gasteiger partial charge on any atom is 0.167 e. The summed E-state index contributed by atoms with van der Waals surface area (Å²) >= 11 is 0. The van der Waals surface area contributed by atoms with Crippen molar-refractivity contribution in [3.05, 3.63) is 84.3 Å². The third-order valence-corrected chi connectivity index (χ3v) is 4.68. The number of aromatic nitrogens is 3. The molecular formula is C24H23N3O2. The van der Waals surface area contributed by atoms with Crippen LogP contribution in [0.25, 0.3) is 10.9 Å². The number of hydrogen-bond acceptors (Lipinski definition) is 4. The first kappa shape index (κ1) is 18.9. The Bertz CT molecular complexity index is 1170. The predicted octanol–water partition coefficient (Wildman–Crippen LogP) is 5.40. The van der Waals surface area contributed by atoms with E-state index in [-0.39, 0.29) is 11.3 Å². The van der Waals surface area contributed by atoms with Gasteiger partial charge in [-0.2, -0.15) is 5.10 Å². The molecule has 0 amide bonds. The molecule has 0 aliphatic carbocycles. The first-order chi connectivity index (χ1) is 13.9. The highest BCUT2D eigenvalue weighted by molar-refractivity contribution is 5.97. The SMILES string of the molecule is CC(C)(C)n1cc(CC(=O)c2cccc(Oc3ccnc4ccccc34)c2)cn1. The van der Waals surface area contributed by atoms with E-state index in [1.165, 1.54) is 0 Å². The summed E-state index contributed by atoms with van der Waals surface area (Å²) in [6.45, 7) is 6.24. The number of hydrogen-bond donors (Lipinski definition) is 0. The highest BCUT2D eigenvalue weighted by atomic mass is 16.5. The monoisotopic (exact) mass is 385 g/mol. The Morgan fingerprint density at radius 2 is 1.90 bits per heavy atom. The minimum Gasteiger partial charge on any atom is -0.457 e. The zero-order valence-electron chi connectivity index (χ0n) is 16.8. The van der Waals surface area contributed by atoms with Crippen molar-refractivity contribution in [3.8, 4) is 11.5 Å². The normalized spacial score (nSPS) is 11.6. The number of carbonyl (C=O) groups is 1. The molecule has 0 atom stereocenters. The van der Waals surface area contributed by atoms with Gasteiger partial charge in [-0.25, -0.2) is 0 Å². The molecule has 0 spiro atoms. The molecule has 0 saturated heterocycles. The van der Waals surface area contributed by atoms with Gasteiger partial charge >= 0.3 is 0 Å². The molecule has 0 radical (unpaired) electrons. The molecule has 0 unspecified atom stereocenters. The largest absolute Gasteiger partial charge is 0.457 e. The molecule has 29 heavy (non-hydrogen) atoms. The summed E-state index contributed by atoms with van der Waals surface area (Å²) in [6, 6.07) is 16.9. The van der Waals surface area contributed by atoms with Crippen LogP contribution in [0.1, 0.15) is 36.7 Å².